The third-order valence-electron chi connectivity index (χ3n) is 3.69. The number of hydrogen-bond acceptors (Lipinski definition) is 4. The number of halogens is 2. The summed E-state index contributed by atoms with van der Waals surface area (Å²) in [5.41, 5.74) is 3.09. The summed E-state index contributed by atoms with van der Waals surface area (Å²) in [7, 11) is 0. The van der Waals surface area contributed by atoms with Gasteiger partial charge in [-0.1, -0.05) is 59.1 Å². The minimum absolute atomic E-state index is 0.243. The largest absolute Gasteiger partial charge is 0.348 e. The lowest BCUT2D eigenvalue weighted by Crippen LogP contribution is -2.23. The quantitative estimate of drug-likeness (QED) is 0.662. The summed E-state index contributed by atoms with van der Waals surface area (Å²) in [5, 5.41) is 6.71. The second kappa shape index (κ2) is 8.17. The highest BCUT2D eigenvalue weighted by Crippen LogP contribution is 2.31. The van der Waals surface area contributed by atoms with Crippen molar-refractivity contribution < 1.29 is 4.79 Å². The number of nitrogens with zero attached hydrogens (tertiary/aromatic N) is 2. The Labute approximate surface area is 161 Å². The second-order valence-corrected chi connectivity index (χ2v) is 6.50. The first-order chi connectivity index (χ1) is 12.5. The van der Waals surface area contributed by atoms with Crippen LogP contribution in [0.4, 0.5) is 11.6 Å². The first-order valence-corrected chi connectivity index (χ1v) is 8.65. The average Bonchev–Trinajstić information content (AvgIpc) is 2.65. The van der Waals surface area contributed by atoms with E-state index in [0.717, 1.165) is 5.56 Å². The Morgan fingerprint density at radius 1 is 1.00 bits per heavy atom. The number of carbonyl (C=O) groups excluding carboxylic acids is 1. The number of hydrogen-bond donors (Lipinski definition) is 2. The average molecular weight is 387 g/mol. The molecule has 1 amide bonds. The van der Waals surface area contributed by atoms with Crippen molar-refractivity contribution in [2.24, 2.45) is 0 Å². The SMILES string of the molecule is Cc1ccc(CNC(=O)c2cnc(Nc3c(Cl)cccc3Cl)nc2)cc1. The zero-order valence-corrected chi connectivity index (χ0v) is 15.5. The van der Waals surface area contributed by atoms with Gasteiger partial charge in [0.05, 0.1) is 21.3 Å². The lowest BCUT2D eigenvalue weighted by molar-refractivity contribution is 0.0950. The van der Waals surface area contributed by atoms with Crippen LogP contribution in [0.5, 0.6) is 0 Å². The molecule has 26 heavy (non-hydrogen) atoms. The lowest BCUT2D eigenvalue weighted by atomic mass is 10.1. The van der Waals surface area contributed by atoms with Gasteiger partial charge in [0.25, 0.3) is 5.91 Å². The van der Waals surface area contributed by atoms with Gasteiger partial charge in [-0.3, -0.25) is 4.79 Å². The fraction of sp³-hybridized carbons (Fsp3) is 0.105. The van der Waals surface area contributed by atoms with Gasteiger partial charge in [-0.2, -0.15) is 0 Å². The van der Waals surface area contributed by atoms with Crippen molar-refractivity contribution in [2.75, 3.05) is 5.32 Å². The Balaban J connectivity index is 1.63. The molecular formula is C19H16Cl2N4O. The van der Waals surface area contributed by atoms with Gasteiger partial charge < -0.3 is 10.6 Å². The van der Waals surface area contributed by atoms with Crippen molar-refractivity contribution in [3.8, 4) is 0 Å². The predicted octanol–water partition coefficient (Wildman–Crippen LogP) is 4.77. The van der Waals surface area contributed by atoms with Gasteiger partial charge in [-0.05, 0) is 24.6 Å². The third kappa shape index (κ3) is 4.50. The number of benzene rings is 2. The van der Waals surface area contributed by atoms with Crippen molar-refractivity contribution in [3.63, 3.8) is 0 Å². The molecule has 5 nitrogen and oxygen atoms in total. The molecule has 2 aromatic carbocycles. The van der Waals surface area contributed by atoms with E-state index in [-0.39, 0.29) is 5.91 Å². The van der Waals surface area contributed by atoms with Crippen LogP contribution in [0.3, 0.4) is 0 Å². The summed E-state index contributed by atoms with van der Waals surface area (Å²) >= 11 is 12.2. The molecule has 1 heterocycles. The van der Waals surface area contributed by atoms with E-state index in [9.17, 15) is 4.79 Å². The van der Waals surface area contributed by atoms with Crippen LogP contribution < -0.4 is 10.6 Å². The molecule has 0 aliphatic heterocycles. The van der Waals surface area contributed by atoms with E-state index in [1.807, 2.05) is 31.2 Å². The monoisotopic (exact) mass is 386 g/mol. The van der Waals surface area contributed by atoms with Gasteiger partial charge in [-0.15, -0.1) is 0 Å². The highest BCUT2D eigenvalue weighted by atomic mass is 35.5. The summed E-state index contributed by atoms with van der Waals surface area (Å²) in [4.78, 5) is 20.5. The third-order valence-corrected chi connectivity index (χ3v) is 4.32. The normalized spacial score (nSPS) is 10.4. The molecule has 0 radical (unpaired) electrons. The molecule has 0 aliphatic rings. The van der Waals surface area contributed by atoms with Crippen molar-refractivity contribution in [1.29, 1.82) is 0 Å². The molecule has 0 aliphatic carbocycles. The molecule has 132 valence electrons. The number of aromatic nitrogens is 2. The van der Waals surface area contributed by atoms with Crippen molar-refractivity contribution in [3.05, 3.63) is 81.6 Å². The molecule has 0 atom stereocenters. The van der Waals surface area contributed by atoms with Crippen LogP contribution >= 0.6 is 23.2 Å². The number of amides is 1. The zero-order chi connectivity index (χ0) is 18.5. The number of carbonyl (C=O) groups is 1. The zero-order valence-electron chi connectivity index (χ0n) is 14.0. The molecule has 3 aromatic rings. The number of rotatable bonds is 5. The van der Waals surface area contributed by atoms with Crippen LogP contribution in [0.25, 0.3) is 0 Å². The van der Waals surface area contributed by atoms with E-state index in [1.54, 1.807) is 18.2 Å². The second-order valence-electron chi connectivity index (χ2n) is 5.69. The van der Waals surface area contributed by atoms with Crippen molar-refractivity contribution in [2.45, 2.75) is 13.5 Å². The van der Waals surface area contributed by atoms with E-state index in [4.69, 9.17) is 23.2 Å². The van der Waals surface area contributed by atoms with Crippen LogP contribution in [0, 0.1) is 6.92 Å². The van der Waals surface area contributed by atoms with E-state index in [0.29, 0.717) is 33.8 Å². The Morgan fingerprint density at radius 3 is 2.23 bits per heavy atom. The van der Waals surface area contributed by atoms with Crippen molar-refractivity contribution in [1.82, 2.24) is 15.3 Å². The molecule has 0 spiro atoms. The van der Waals surface area contributed by atoms with Gasteiger partial charge in [0.1, 0.15) is 0 Å². The fourth-order valence-corrected chi connectivity index (χ4v) is 2.72. The molecule has 3 rings (SSSR count). The summed E-state index contributed by atoms with van der Waals surface area (Å²) in [6, 6.07) is 13.1. The minimum Gasteiger partial charge on any atom is -0.348 e. The topological polar surface area (TPSA) is 66.9 Å². The summed E-state index contributed by atoms with van der Waals surface area (Å²) < 4.78 is 0. The van der Waals surface area contributed by atoms with Crippen LogP contribution in [0.15, 0.2) is 54.9 Å². The molecular weight excluding hydrogens is 371 g/mol. The summed E-state index contributed by atoms with van der Waals surface area (Å²) in [5.74, 6) is 0.0583. The molecule has 0 saturated carbocycles. The maximum atomic E-state index is 12.2. The number of para-hydroxylation sites is 1. The van der Waals surface area contributed by atoms with Crippen LogP contribution in [-0.2, 0) is 6.54 Å². The number of nitrogens with one attached hydrogen (secondary N) is 2. The van der Waals surface area contributed by atoms with E-state index >= 15 is 0 Å². The molecule has 2 N–H and O–H groups in total. The summed E-state index contributed by atoms with van der Waals surface area (Å²) in [6.07, 6.45) is 2.90. The highest BCUT2D eigenvalue weighted by Gasteiger charge is 2.10. The smallest absolute Gasteiger partial charge is 0.254 e. The van der Waals surface area contributed by atoms with E-state index in [2.05, 4.69) is 20.6 Å². The standard InChI is InChI=1S/C19H16Cl2N4O/c1-12-5-7-13(8-6-12)9-22-18(26)14-10-23-19(24-11-14)25-17-15(20)3-2-4-16(17)21/h2-8,10-11H,9H2,1H3,(H,22,26)(H,23,24,25). The Hall–Kier alpha value is -2.63. The molecule has 0 unspecified atom stereocenters. The van der Waals surface area contributed by atoms with Crippen LogP contribution in [0.1, 0.15) is 21.5 Å². The summed E-state index contributed by atoms with van der Waals surface area (Å²) in [6.45, 7) is 2.46. The molecule has 0 fully saturated rings. The Morgan fingerprint density at radius 2 is 1.62 bits per heavy atom. The molecule has 1 aromatic heterocycles. The molecule has 0 saturated heterocycles. The van der Waals surface area contributed by atoms with Gasteiger partial charge in [0.2, 0.25) is 5.95 Å². The van der Waals surface area contributed by atoms with Gasteiger partial charge >= 0.3 is 0 Å². The highest BCUT2D eigenvalue weighted by molar-refractivity contribution is 6.39. The number of anilines is 2. The molecule has 0 bridgehead atoms. The fourth-order valence-electron chi connectivity index (χ4n) is 2.23. The maximum Gasteiger partial charge on any atom is 0.254 e. The first kappa shape index (κ1) is 18.2. The van der Waals surface area contributed by atoms with Crippen LogP contribution in [0.2, 0.25) is 10.0 Å². The van der Waals surface area contributed by atoms with E-state index in [1.165, 1.54) is 18.0 Å². The van der Waals surface area contributed by atoms with Gasteiger partial charge in [-0.25, -0.2) is 9.97 Å². The first-order valence-electron chi connectivity index (χ1n) is 7.90. The van der Waals surface area contributed by atoms with Crippen molar-refractivity contribution >= 4 is 40.7 Å². The predicted molar refractivity (Wildman–Crippen MR) is 104 cm³/mol. The van der Waals surface area contributed by atoms with Gasteiger partial charge in [0.15, 0.2) is 0 Å². The number of aryl methyl sites for hydroxylation is 1. The lowest BCUT2D eigenvalue weighted by Gasteiger charge is -2.09. The van der Waals surface area contributed by atoms with E-state index < -0.39 is 0 Å². The Bertz CT molecular complexity index is 892. The Kier molecular flexibility index (Phi) is 5.71. The maximum absolute atomic E-state index is 12.2. The van der Waals surface area contributed by atoms with Gasteiger partial charge in [0, 0.05) is 18.9 Å². The van der Waals surface area contributed by atoms with Crippen LogP contribution in [-0.4, -0.2) is 15.9 Å². The minimum atomic E-state index is -0.243. The molecule has 7 heteroatoms.